The minimum Gasteiger partial charge on any atom is -0.328 e. The Morgan fingerprint density at radius 3 is 2.53 bits per heavy atom. The Morgan fingerprint density at radius 1 is 1.06 bits per heavy atom. The number of aromatic nitrogens is 1. The molecule has 0 N–H and O–H groups in total. The Bertz CT molecular complexity index is 509. The molecule has 0 bridgehead atoms. The van der Waals surface area contributed by atoms with Crippen LogP contribution in [-0.4, -0.2) is 36.7 Å². The number of hydrogen-bond donors (Lipinski definition) is 0. The van der Waals surface area contributed by atoms with Crippen molar-refractivity contribution in [3.8, 4) is 0 Å². The molecule has 2 heterocycles. The first-order valence-corrected chi connectivity index (χ1v) is 6.33. The van der Waals surface area contributed by atoms with Gasteiger partial charge in [-0.05, 0) is 29.3 Å². The normalized spacial score (nSPS) is 18.7. The average Bonchev–Trinajstić information content (AvgIpc) is 2.47. The van der Waals surface area contributed by atoms with Gasteiger partial charge in [0.2, 0.25) is 0 Å². The van der Waals surface area contributed by atoms with E-state index in [1.54, 1.807) is 0 Å². The van der Waals surface area contributed by atoms with Crippen LogP contribution in [0.3, 0.4) is 0 Å². The third kappa shape index (κ3) is 2.05. The van der Waals surface area contributed by atoms with Crippen LogP contribution in [-0.2, 0) is 12.8 Å². The second-order valence-electron chi connectivity index (χ2n) is 5.70. The van der Waals surface area contributed by atoms with E-state index >= 15 is 0 Å². The molecule has 0 radical (unpaired) electrons. The Morgan fingerprint density at radius 2 is 1.76 bits per heavy atom. The van der Waals surface area contributed by atoms with E-state index in [4.69, 9.17) is 0 Å². The van der Waals surface area contributed by atoms with Crippen molar-refractivity contribution in [3.63, 3.8) is 0 Å². The number of fused-ring (bicyclic) bond motifs is 2. The third-order valence-electron chi connectivity index (χ3n) is 3.90. The molecular formula is C15H19N2+. The van der Waals surface area contributed by atoms with Crippen molar-refractivity contribution in [2.45, 2.75) is 12.8 Å². The smallest absolute Gasteiger partial charge is 0.0823 e. The van der Waals surface area contributed by atoms with Gasteiger partial charge in [-0.3, -0.25) is 4.98 Å². The number of likely N-dealkylation sites (N-methyl/N-ethyl adjacent to an activating group) is 1. The zero-order chi connectivity index (χ0) is 11.9. The lowest BCUT2D eigenvalue weighted by molar-refractivity contribution is -0.889. The summed E-state index contributed by atoms with van der Waals surface area (Å²) in [5, 5.41) is 1.28. The molecule has 88 valence electrons. The summed E-state index contributed by atoms with van der Waals surface area (Å²) in [6.07, 6.45) is 4.24. The highest BCUT2D eigenvalue weighted by Crippen LogP contribution is 2.23. The molecule has 1 aromatic carbocycles. The maximum atomic E-state index is 4.45. The summed E-state index contributed by atoms with van der Waals surface area (Å²) in [6, 6.07) is 8.80. The predicted molar refractivity (Wildman–Crippen MR) is 71.0 cm³/mol. The molecule has 0 amide bonds. The summed E-state index contributed by atoms with van der Waals surface area (Å²) in [7, 11) is 4.65. The summed E-state index contributed by atoms with van der Waals surface area (Å²) in [5.41, 5.74) is 4.16. The van der Waals surface area contributed by atoms with E-state index in [2.05, 4.69) is 37.3 Å². The molecule has 0 unspecified atom stereocenters. The number of rotatable bonds is 0. The highest BCUT2D eigenvalue weighted by atomic mass is 15.3. The molecule has 0 spiro atoms. The number of nitrogens with zero attached hydrogens (tertiary/aromatic N) is 2. The molecule has 2 heteroatoms. The van der Waals surface area contributed by atoms with Gasteiger partial charge in [-0.1, -0.05) is 6.07 Å². The monoisotopic (exact) mass is 227 g/mol. The number of pyridine rings is 1. The second kappa shape index (κ2) is 3.81. The van der Waals surface area contributed by atoms with Crippen molar-refractivity contribution in [2.24, 2.45) is 0 Å². The van der Waals surface area contributed by atoms with E-state index in [-0.39, 0.29) is 0 Å². The summed E-state index contributed by atoms with van der Waals surface area (Å²) in [4.78, 5) is 4.45. The molecule has 0 aliphatic carbocycles. The summed E-state index contributed by atoms with van der Waals surface area (Å²) < 4.78 is 1.12. The van der Waals surface area contributed by atoms with Crippen LogP contribution in [0.2, 0.25) is 0 Å². The first kappa shape index (κ1) is 10.7. The third-order valence-corrected chi connectivity index (χ3v) is 3.90. The fraction of sp³-hybridized carbons (Fsp3) is 0.400. The fourth-order valence-corrected chi connectivity index (χ4v) is 2.63. The largest absolute Gasteiger partial charge is 0.328 e. The molecule has 1 aliphatic rings. The summed E-state index contributed by atoms with van der Waals surface area (Å²) in [5.74, 6) is 0. The van der Waals surface area contributed by atoms with Gasteiger partial charge in [0.15, 0.2) is 0 Å². The van der Waals surface area contributed by atoms with Gasteiger partial charge in [-0.15, -0.1) is 0 Å². The average molecular weight is 227 g/mol. The lowest BCUT2D eigenvalue weighted by Gasteiger charge is -2.27. The molecule has 3 rings (SSSR count). The molecule has 17 heavy (non-hydrogen) atoms. The van der Waals surface area contributed by atoms with Crippen LogP contribution in [0.4, 0.5) is 0 Å². The van der Waals surface area contributed by atoms with Crippen LogP contribution >= 0.6 is 0 Å². The van der Waals surface area contributed by atoms with Gasteiger partial charge in [-0.25, -0.2) is 0 Å². The van der Waals surface area contributed by atoms with E-state index in [1.165, 1.54) is 42.4 Å². The standard InChI is InChI=1S/C15H19N2/c1-17(2)8-5-12-10-14-4-3-7-16-15(14)11-13(12)6-9-17/h3-4,7,10-11H,5-6,8-9H2,1-2H3/q+1. The van der Waals surface area contributed by atoms with Gasteiger partial charge in [0.1, 0.15) is 0 Å². The zero-order valence-corrected chi connectivity index (χ0v) is 10.6. The molecule has 2 aromatic rings. The van der Waals surface area contributed by atoms with Gasteiger partial charge < -0.3 is 4.48 Å². The second-order valence-corrected chi connectivity index (χ2v) is 5.70. The van der Waals surface area contributed by atoms with Crippen molar-refractivity contribution < 1.29 is 4.48 Å². The van der Waals surface area contributed by atoms with Crippen molar-refractivity contribution >= 4 is 10.9 Å². The van der Waals surface area contributed by atoms with E-state index in [9.17, 15) is 0 Å². The van der Waals surface area contributed by atoms with E-state index < -0.39 is 0 Å². The lowest BCUT2D eigenvalue weighted by Crippen LogP contribution is -2.41. The molecule has 1 aliphatic heterocycles. The topological polar surface area (TPSA) is 12.9 Å². The number of benzene rings is 1. The molecule has 0 fully saturated rings. The first-order chi connectivity index (χ1) is 8.14. The Labute approximate surface area is 102 Å². The molecule has 0 atom stereocenters. The van der Waals surface area contributed by atoms with Crippen LogP contribution < -0.4 is 0 Å². The first-order valence-electron chi connectivity index (χ1n) is 6.33. The zero-order valence-electron chi connectivity index (χ0n) is 10.6. The Kier molecular flexibility index (Phi) is 2.40. The van der Waals surface area contributed by atoms with E-state index in [0.29, 0.717) is 0 Å². The molecular weight excluding hydrogens is 208 g/mol. The van der Waals surface area contributed by atoms with E-state index in [1.807, 2.05) is 12.3 Å². The maximum absolute atomic E-state index is 4.45. The van der Waals surface area contributed by atoms with Crippen molar-refractivity contribution in [1.82, 2.24) is 4.98 Å². The highest BCUT2D eigenvalue weighted by molar-refractivity contribution is 5.80. The van der Waals surface area contributed by atoms with Crippen LogP contribution in [0, 0.1) is 0 Å². The minimum absolute atomic E-state index is 1.12. The van der Waals surface area contributed by atoms with Crippen LogP contribution in [0.25, 0.3) is 10.9 Å². The highest BCUT2D eigenvalue weighted by Gasteiger charge is 2.21. The van der Waals surface area contributed by atoms with Crippen molar-refractivity contribution in [1.29, 1.82) is 0 Å². The van der Waals surface area contributed by atoms with Crippen LogP contribution in [0.5, 0.6) is 0 Å². The van der Waals surface area contributed by atoms with Gasteiger partial charge in [-0.2, -0.15) is 0 Å². The Balaban J connectivity index is 2.09. The molecule has 1 aromatic heterocycles. The molecule has 0 saturated heterocycles. The van der Waals surface area contributed by atoms with Crippen molar-refractivity contribution in [2.75, 3.05) is 27.2 Å². The van der Waals surface area contributed by atoms with Gasteiger partial charge in [0, 0.05) is 24.4 Å². The quantitative estimate of drug-likeness (QED) is 0.630. The Hall–Kier alpha value is -1.41. The summed E-state index contributed by atoms with van der Waals surface area (Å²) >= 11 is 0. The van der Waals surface area contributed by atoms with Gasteiger partial charge in [0.05, 0.1) is 32.7 Å². The van der Waals surface area contributed by atoms with E-state index in [0.717, 1.165) is 10.00 Å². The fourth-order valence-electron chi connectivity index (χ4n) is 2.63. The minimum atomic E-state index is 1.12. The van der Waals surface area contributed by atoms with Crippen LogP contribution in [0.1, 0.15) is 11.1 Å². The summed E-state index contributed by atoms with van der Waals surface area (Å²) in [6.45, 7) is 2.46. The molecule has 2 nitrogen and oxygen atoms in total. The predicted octanol–water partition coefficient (Wildman–Crippen LogP) is 2.41. The van der Waals surface area contributed by atoms with Gasteiger partial charge >= 0.3 is 0 Å². The van der Waals surface area contributed by atoms with Crippen LogP contribution in [0.15, 0.2) is 30.5 Å². The number of hydrogen-bond acceptors (Lipinski definition) is 1. The SMILES string of the molecule is C[N+]1(C)CCc2cc3cccnc3cc2CC1. The maximum Gasteiger partial charge on any atom is 0.0823 e. The van der Waals surface area contributed by atoms with Gasteiger partial charge in [0.25, 0.3) is 0 Å². The lowest BCUT2D eigenvalue weighted by atomic mass is 10.0. The molecule has 0 saturated carbocycles. The van der Waals surface area contributed by atoms with Crippen molar-refractivity contribution in [3.05, 3.63) is 41.6 Å². The number of quaternary nitrogens is 1.